The lowest BCUT2D eigenvalue weighted by atomic mass is 10.1. The fourth-order valence-corrected chi connectivity index (χ4v) is 2.37. The lowest BCUT2D eigenvalue weighted by molar-refractivity contribution is 0.0378. The van der Waals surface area contributed by atoms with E-state index in [9.17, 15) is 4.79 Å². The highest BCUT2D eigenvalue weighted by Crippen LogP contribution is 2.18. The van der Waals surface area contributed by atoms with Crippen molar-refractivity contribution >= 4 is 34.7 Å². The normalized spacial score (nSPS) is 10.4. The number of hydrogen-bond donors (Lipinski definition) is 2. The van der Waals surface area contributed by atoms with Gasteiger partial charge in [-0.3, -0.25) is 0 Å². The van der Waals surface area contributed by atoms with Crippen LogP contribution >= 0.6 is 12.2 Å². The number of benzene rings is 2. The van der Waals surface area contributed by atoms with Crippen molar-refractivity contribution in [1.29, 1.82) is 0 Å². The zero-order chi connectivity index (χ0) is 17.7. The summed E-state index contributed by atoms with van der Waals surface area (Å²) >= 11 is 5.35. The Morgan fingerprint density at radius 2 is 1.71 bits per heavy atom. The molecule has 0 aromatic heterocycles. The first-order valence-electron chi connectivity index (χ1n) is 7.82. The second kappa shape index (κ2) is 7.93. The number of anilines is 2. The fourth-order valence-electron chi connectivity index (χ4n) is 2.14. The molecule has 5 heteroatoms. The van der Waals surface area contributed by atoms with E-state index in [0.717, 1.165) is 16.9 Å². The molecule has 0 unspecified atom stereocenters. The number of nitrogens with one attached hydrogen (secondary N) is 2. The van der Waals surface area contributed by atoms with Gasteiger partial charge in [-0.1, -0.05) is 12.1 Å². The fraction of sp³-hybridized carbons (Fsp3) is 0.263. The molecule has 2 N–H and O–H groups in total. The summed E-state index contributed by atoms with van der Waals surface area (Å²) in [5.74, 6) is -0.326. The molecule has 2 aromatic rings. The number of esters is 1. The maximum Gasteiger partial charge on any atom is 0.338 e. The summed E-state index contributed by atoms with van der Waals surface area (Å²) in [5, 5.41) is 6.81. The van der Waals surface area contributed by atoms with Crippen LogP contribution in [0.1, 0.15) is 35.3 Å². The molecule has 0 aliphatic rings. The number of carbonyl (C=O) groups excluding carboxylic acids is 1. The van der Waals surface area contributed by atoms with Crippen LogP contribution in [-0.2, 0) is 4.74 Å². The Bertz CT molecular complexity index is 740. The molecule has 0 bridgehead atoms. The molecule has 2 rings (SSSR count). The van der Waals surface area contributed by atoms with E-state index in [4.69, 9.17) is 17.0 Å². The van der Waals surface area contributed by atoms with Gasteiger partial charge in [0.05, 0.1) is 11.7 Å². The Hall–Kier alpha value is -2.40. The van der Waals surface area contributed by atoms with Gasteiger partial charge in [0.1, 0.15) is 0 Å². The monoisotopic (exact) mass is 342 g/mol. The van der Waals surface area contributed by atoms with Crippen LogP contribution in [0.3, 0.4) is 0 Å². The minimum atomic E-state index is -0.326. The Kier molecular flexibility index (Phi) is 5.93. The lowest BCUT2D eigenvalue weighted by Crippen LogP contribution is -2.20. The van der Waals surface area contributed by atoms with Gasteiger partial charge in [-0.25, -0.2) is 4.79 Å². The van der Waals surface area contributed by atoms with Crippen LogP contribution in [0.2, 0.25) is 0 Å². The Morgan fingerprint density at radius 1 is 1.04 bits per heavy atom. The van der Waals surface area contributed by atoms with Crippen molar-refractivity contribution in [1.82, 2.24) is 0 Å². The molecular formula is C19H22N2O2S. The minimum Gasteiger partial charge on any atom is -0.459 e. The van der Waals surface area contributed by atoms with E-state index in [1.807, 2.05) is 26.0 Å². The van der Waals surface area contributed by atoms with Gasteiger partial charge in [0.25, 0.3) is 0 Å². The van der Waals surface area contributed by atoms with Gasteiger partial charge in [-0.15, -0.1) is 0 Å². The molecular weight excluding hydrogens is 320 g/mol. The van der Waals surface area contributed by atoms with Crippen LogP contribution in [0.4, 0.5) is 11.4 Å². The molecule has 0 spiro atoms. The summed E-state index contributed by atoms with van der Waals surface area (Å²) in [4.78, 5) is 11.8. The third kappa shape index (κ3) is 4.80. The molecule has 0 aliphatic carbocycles. The van der Waals surface area contributed by atoms with Crippen LogP contribution in [0.25, 0.3) is 0 Å². The van der Waals surface area contributed by atoms with Crippen molar-refractivity contribution in [2.75, 3.05) is 10.6 Å². The molecule has 0 atom stereocenters. The number of aryl methyl sites for hydroxylation is 1. The summed E-state index contributed by atoms with van der Waals surface area (Å²) in [6.07, 6.45) is -0.135. The van der Waals surface area contributed by atoms with Crippen molar-refractivity contribution in [2.45, 2.75) is 33.8 Å². The van der Waals surface area contributed by atoms with Gasteiger partial charge in [-0.2, -0.15) is 0 Å². The zero-order valence-corrected chi connectivity index (χ0v) is 15.2. The van der Waals surface area contributed by atoms with Crippen LogP contribution < -0.4 is 10.6 Å². The maximum atomic E-state index is 11.8. The van der Waals surface area contributed by atoms with E-state index in [1.165, 1.54) is 5.56 Å². The second-order valence-corrected chi connectivity index (χ2v) is 6.27. The molecule has 0 radical (unpaired) electrons. The minimum absolute atomic E-state index is 0.135. The van der Waals surface area contributed by atoms with Crippen molar-refractivity contribution in [2.24, 2.45) is 0 Å². The van der Waals surface area contributed by atoms with Crippen molar-refractivity contribution in [3.05, 3.63) is 59.2 Å². The van der Waals surface area contributed by atoms with Gasteiger partial charge < -0.3 is 15.4 Å². The van der Waals surface area contributed by atoms with Crippen molar-refractivity contribution < 1.29 is 9.53 Å². The summed E-state index contributed by atoms with van der Waals surface area (Å²) in [5.41, 5.74) is 4.66. The smallest absolute Gasteiger partial charge is 0.338 e. The SMILES string of the molecule is Cc1cccc(NC(=S)Nc2ccc(C(=O)OC(C)C)cc2)c1C. The molecule has 0 saturated carbocycles. The van der Waals surface area contributed by atoms with Crippen LogP contribution in [-0.4, -0.2) is 17.2 Å². The third-order valence-corrected chi connectivity index (χ3v) is 3.78. The van der Waals surface area contributed by atoms with Gasteiger partial charge in [0.2, 0.25) is 0 Å². The lowest BCUT2D eigenvalue weighted by Gasteiger charge is -2.14. The van der Waals surface area contributed by atoms with E-state index in [0.29, 0.717) is 10.7 Å². The predicted molar refractivity (Wildman–Crippen MR) is 103 cm³/mol. The molecule has 126 valence electrons. The Balaban J connectivity index is 1.99. The highest BCUT2D eigenvalue weighted by molar-refractivity contribution is 7.80. The molecule has 0 saturated heterocycles. The highest BCUT2D eigenvalue weighted by Gasteiger charge is 2.09. The van der Waals surface area contributed by atoms with E-state index < -0.39 is 0 Å². The second-order valence-electron chi connectivity index (χ2n) is 5.86. The molecule has 0 heterocycles. The van der Waals surface area contributed by atoms with Crippen LogP contribution in [0, 0.1) is 13.8 Å². The van der Waals surface area contributed by atoms with Crippen LogP contribution in [0.5, 0.6) is 0 Å². The van der Waals surface area contributed by atoms with E-state index in [-0.39, 0.29) is 12.1 Å². The largest absolute Gasteiger partial charge is 0.459 e. The molecule has 2 aromatic carbocycles. The van der Waals surface area contributed by atoms with E-state index >= 15 is 0 Å². The topological polar surface area (TPSA) is 50.4 Å². The number of carbonyl (C=O) groups is 1. The average Bonchev–Trinajstić information content (AvgIpc) is 2.52. The molecule has 4 nitrogen and oxygen atoms in total. The summed E-state index contributed by atoms with van der Waals surface area (Å²) in [6.45, 7) is 7.76. The van der Waals surface area contributed by atoms with Crippen molar-refractivity contribution in [3.8, 4) is 0 Å². The molecule has 24 heavy (non-hydrogen) atoms. The quantitative estimate of drug-likeness (QED) is 0.624. The standard InChI is InChI=1S/C19H22N2O2S/c1-12(2)23-18(22)15-8-10-16(11-9-15)20-19(24)21-17-7-5-6-13(3)14(17)4/h5-12H,1-4H3,(H2,20,21,24). The summed E-state index contributed by atoms with van der Waals surface area (Å²) < 4.78 is 5.16. The van der Waals surface area contributed by atoms with Gasteiger partial charge in [-0.05, 0) is 81.4 Å². The van der Waals surface area contributed by atoms with Gasteiger partial charge in [0, 0.05) is 11.4 Å². The number of rotatable bonds is 4. The number of ether oxygens (including phenoxy) is 1. The van der Waals surface area contributed by atoms with E-state index in [1.54, 1.807) is 24.3 Å². The van der Waals surface area contributed by atoms with E-state index in [2.05, 4.69) is 30.5 Å². The number of hydrogen-bond acceptors (Lipinski definition) is 3. The molecule has 0 aliphatic heterocycles. The van der Waals surface area contributed by atoms with Crippen LogP contribution in [0.15, 0.2) is 42.5 Å². The predicted octanol–water partition coefficient (Wildman–Crippen LogP) is 4.68. The van der Waals surface area contributed by atoms with Crippen molar-refractivity contribution in [3.63, 3.8) is 0 Å². The number of thiocarbonyl (C=S) groups is 1. The maximum absolute atomic E-state index is 11.8. The first kappa shape index (κ1) is 17.9. The summed E-state index contributed by atoms with van der Waals surface area (Å²) in [7, 11) is 0. The van der Waals surface area contributed by atoms with Gasteiger partial charge in [0.15, 0.2) is 5.11 Å². The summed E-state index contributed by atoms with van der Waals surface area (Å²) in [6, 6.07) is 13.1. The highest BCUT2D eigenvalue weighted by atomic mass is 32.1. The average molecular weight is 342 g/mol. The molecule has 0 fully saturated rings. The first-order valence-corrected chi connectivity index (χ1v) is 8.23. The Labute approximate surface area is 148 Å². The zero-order valence-electron chi connectivity index (χ0n) is 14.3. The first-order chi connectivity index (χ1) is 11.4. The van der Waals surface area contributed by atoms with Gasteiger partial charge >= 0.3 is 5.97 Å². The molecule has 0 amide bonds. The third-order valence-electron chi connectivity index (χ3n) is 3.57. The Morgan fingerprint density at radius 3 is 2.33 bits per heavy atom.